The molecule has 1 aromatic heterocycles. The van der Waals surface area contributed by atoms with Gasteiger partial charge >= 0.3 is 0 Å². The molecule has 0 aliphatic carbocycles. The van der Waals surface area contributed by atoms with Gasteiger partial charge in [-0.1, -0.05) is 35.9 Å². The normalized spacial score (nSPS) is 16.9. The summed E-state index contributed by atoms with van der Waals surface area (Å²) in [6, 6.07) is 7.69. The summed E-state index contributed by atoms with van der Waals surface area (Å²) in [6.45, 7) is 5.88. The lowest BCUT2D eigenvalue weighted by Crippen LogP contribution is -2.33. The van der Waals surface area contributed by atoms with E-state index in [1.54, 1.807) is 13.8 Å². The van der Waals surface area contributed by atoms with Crippen molar-refractivity contribution >= 4 is 51.4 Å². The number of allylic oxidation sites excluding steroid dienone is 2. The highest BCUT2D eigenvalue weighted by Crippen LogP contribution is 2.39. The number of halogens is 2. The molecule has 1 atom stereocenters. The van der Waals surface area contributed by atoms with Crippen molar-refractivity contribution in [2.75, 3.05) is 6.61 Å². The number of para-hydroxylation sites is 1. The molecule has 1 amide bonds. The number of hydrogen-bond acceptors (Lipinski definition) is 4. The van der Waals surface area contributed by atoms with E-state index in [0.29, 0.717) is 17.0 Å². The highest BCUT2D eigenvalue weighted by Gasteiger charge is 2.32. The Labute approximate surface area is 194 Å². The minimum atomic E-state index is -1.11. The Hall–Kier alpha value is -1.09. The Morgan fingerprint density at radius 2 is 2.17 bits per heavy atom. The van der Waals surface area contributed by atoms with Gasteiger partial charge in [0.15, 0.2) is 0 Å². The number of thiophene rings is 1. The lowest BCUT2D eigenvalue weighted by Gasteiger charge is -2.27. The van der Waals surface area contributed by atoms with Gasteiger partial charge < -0.3 is 15.2 Å². The number of nitrogens with one attached hydrogen (secondary N) is 1. The molecule has 3 rings (SSSR count). The van der Waals surface area contributed by atoms with Crippen molar-refractivity contribution < 1.29 is 14.6 Å². The van der Waals surface area contributed by atoms with Gasteiger partial charge in [0.1, 0.15) is 5.75 Å². The third-order valence-corrected chi connectivity index (χ3v) is 7.75. The molecule has 1 aliphatic rings. The molecular formula is C22H25ClINO3S. The van der Waals surface area contributed by atoms with Crippen LogP contribution in [-0.2, 0) is 12.0 Å². The molecular weight excluding hydrogens is 521 g/mol. The van der Waals surface area contributed by atoms with Crippen molar-refractivity contribution in [1.29, 1.82) is 0 Å². The van der Waals surface area contributed by atoms with Gasteiger partial charge in [-0.25, -0.2) is 0 Å². The number of rotatable bonds is 6. The summed E-state index contributed by atoms with van der Waals surface area (Å²) in [4.78, 5) is 14.9. The van der Waals surface area contributed by atoms with E-state index in [4.69, 9.17) is 16.3 Å². The lowest BCUT2D eigenvalue weighted by molar-refractivity contribution is 0.0741. The Morgan fingerprint density at radius 1 is 1.45 bits per heavy atom. The molecule has 0 radical (unpaired) electrons. The van der Waals surface area contributed by atoms with Crippen LogP contribution in [0.1, 0.15) is 65.3 Å². The predicted molar refractivity (Wildman–Crippen MR) is 127 cm³/mol. The van der Waals surface area contributed by atoms with E-state index in [-0.39, 0.29) is 11.9 Å². The van der Waals surface area contributed by atoms with Gasteiger partial charge in [-0.15, -0.1) is 11.3 Å². The number of aryl methyl sites for hydroxylation is 1. The highest BCUT2D eigenvalue weighted by atomic mass is 127. The van der Waals surface area contributed by atoms with Gasteiger partial charge in [-0.3, -0.25) is 4.79 Å². The van der Waals surface area contributed by atoms with Crippen LogP contribution in [0.3, 0.4) is 0 Å². The fourth-order valence-electron chi connectivity index (χ4n) is 3.44. The van der Waals surface area contributed by atoms with Crippen molar-refractivity contribution in [2.45, 2.75) is 51.7 Å². The molecule has 0 saturated carbocycles. The van der Waals surface area contributed by atoms with Gasteiger partial charge in [0.05, 0.1) is 23.1 Å². The van der Waals surface area contributed by atoms with E-state index in [2.05, 4.69) is 27.9 Å². The number of aliphatic hydroxyl groups is 1. The molecule has 0 fully saturated rings. The third-order valence-electron chi connectivity index (χ3n) is 4.80. The predicted octanol–water partition coefficient (Wildman–Crippen LogP) is 5.91. The van der Waals surface area contributed by atoms with Crippen molar-refractivity contribution in [2.24, 2.45) is 0 Å². The number of carbonyl (C=O) groups is 1. The maximum absolute atomic E-state index is 13.2. The fourth-order valence-corrected chi connectivity index (χ4v) is 6.53. The van der Waals surface area contributed by atoms with Crippen LogP contribution in [0.4, 0.5) is 0 Å². The molecule has 1 aromatic carbocycles. The average molecular weight is 546 g/mol. The second-order valence-electron chi connectivity index (χ2n) is 7.63. The quantitative estimate of drug-likeness (QED) is 0.444. The first-order valence-corrected chi connectivity index (χ1v) is 11.8. The molecule has 0 spiro atoms. The van der Waals surface area contributed by atoms with E-state index in [1.807, 2.05) is 37.3 Å². The van der Waals surface area contributed by atoms with E-state index in [1.165, 1.54) is 11.3 Å². The number of fused-ring (bicyclic) bond motifs is 1. The van der Waals surface area contributed by atoms with Crippen LogP contribution < -0.4 is 10.1 Å². The summed E-state index contributed by atoms with van der Waals surface area (Å²) < 4.78 is 6.66. The minimum absolute atomic E-state index is 0.104. The molecule has 2 aromatic rings. The van der Waals surface area contributed by atoms with Crippen LogP contribution in [-0.4, -0.2) is 17.6 Å². The van der Waals surface area contributed by atoms with E-state index < -0.39 is 5.60 Å². The van der Waals surface area contributed by atoms with E-state index in [9.17, 15) is 9.90 Å². The molecule has 156 valence electrons. The summed E-state index contributed by atoms with van der Waals surface area (Å²) in [7, 11) is 0. The van der Waals surface area contributed by atoms with Crippen molar-refractivity contribution in [1.82, 2.24) is 5.32 Å². The minimum Gasteiger partial charge on any atom is -0.493 e. The van der Waals surface area contributed by atoms with Gasteiger partial charge in [0.25, 0.3) is 5.91 Å². The Kier molecular flexibility index (Phi) is 7.30. The first-order valence-electron chi connectivity index (χ1n) is 9.57. The van der Waals surface area contributed by atoms with E-state index in [0.717, 1.165) is 44.1 Å². The zero-order valence-corrected chi connectivity index (χ0v) is 20.5. The van der Waals surface area contributed by atoms with Crippen LogP contribution in [0.2, 0.25) is 0 Å². The lowest BCUT2D eigenvalue weighted by atomic mass is 9.97. The molecule has 7 heteroatoms. The second kappa shape index (κ2) is 9.37. The molecule has 0 unspecified atom stereocenters. The molecule has 0 bridgehead atoms. The molecule has 2 heterocycles. The van der Waals surface area contributed by atoms with E-state index >= 15 is 0 Å². The van der Waals surface area contributed by atoms with Crippen LogP contribution in [0.5, 0.6) is 5.75 Å². The summed E-state index contributed by atoms with van der Waals surface area (Å²) in [5, 5.41) is 14.7. The van der Waals surface area contributed by atoms with Crippen molar-refractivity contribution in [3.63, 3.8) is 0 Å². The molecule has 29 heavy (non-hydrogen) atoms. The number of amides is 1. The fraction of sp³-hybridized carbons (Fsp3) is 0.409. The van der Waals surface area contributed by atoms with Gasteiger partial charge in [-0.2, -0.15) is 0 Å². The van der Waals surface area contributed by atoms with Crippen LogP contribution in [0.25, 0.3) is 0 Å². The molecule has 2 N–H and O–H groups in total. The summed E-state index contributed by atoms with van der Waals surface area (Å²) in [6.07, 6.45) is 4.27. The van der Waals surface area contributed by atoms with Crippen molar-refractivity contribution in [3.8, 4) is 5.75 Å². The van der Waals surface area contributed by atoms with Gasteiger partial charge in [0.2, 0.25) is 0 Å². The summed E-state index contributed by atoms with van der Waals surface area (Å²) in [5.74, 6) is 0.665. The maximum Gasteiger partial charge on any atom is 0.262 e. The van der Waals surface area contributed by atoms with Crippen LogP contribution in [0, 0.1) is 3.57 Å². The Bertz CT molecular complexity index is 929. The maximum atomic E-state index is 13.2. The molecule has 4 nitrogen and oxygen atoms in total. The average Bonchev–Trinajstić information content (AvgIpc) is 2.99. The highest BCUT2D eigenvalue weighted by molar-refractivity contribution is 14.1. The van der Waals surface area contributed by atoms with Crippen LogP contribution in [0.15, 0.2) is 35.4 Å². The standard InChI is InChI=1S/C22H25ClINO3S/c1-13(23)7-6-10-17-19(24)18(22(2,3)27)20(29-17)21(26)25-15-11-12-28-16-9-5-4-8-14(15)16/h4-5,7-9,15,27H,6,10-12H2,1-3H3,(H,25,26)/b13-7+/t15-/m0/s1. The van der Waals surface area contributed by atoms with Gasteiger partial charge in [-0.05, 0) is 62.3 Å². The van der Waals surface area contributed by atoms with Crippen molar-refractivity contribution in [3.05, 3.63) is 59.8 Å². The summed E-state index contributed by atoms with van der Waals surface area (Å²) >= 11 is 9.65. The zero-order valence-electron chi connectivity index (χ0n) is 16.7. The number of ether oxygens (including phenoxy) is 1. The summed E-state index contributed by atoms with van der Waals surface area (Å²) in [5.41, 5.74) is 0.581. The second-order valence-corrected chi connectivity index (χ2v) is 10.4. The smallest absolute Gasteiger partial charge is 0.262 e. The molecule has 1 aliphatic heterocycles. The van der Waals surface area contributed by atoms with Crippen LogP contribution >= 0.6 is 45.5 Å². The van der Waals surface area contributed by atoms with Gasteiger partial charge in [0, 0.05) is 31.0 Å². The Morgan fingerprint density at radius 3 is 2.86 bits per heavy atom. The zero-order chi connectivity index (χ0) is 21.2. The Balaban J connectivity index is 1.89. The third kappa shape index (κ3) is 5.34. The SMILES string of the molecule is C/C(Cl)=C\CCc1sc(C(=O)N[C@H]2CCOc3ccccc32)c(C(C)(C)O)c1I. The largest absolute Gasteiger partial charge is 0.493 e. The number of benzene rings is 1. The number of hydrogen-bond donors (Lipinski definition) is 2. The molecule has 0 saturated heterocycles. The first kappa shape index (κ1) is 22.6. The topological polar surface area (TPSA) is 58.6 Å². The number of carbonyl (C=O) groups excluding carboxylic acids is 1. The first-order chi connectivity index (χ1) is 13.7. The monoisotopic (exact) mass is 545 g/mol.